The molecule has 2 aromatic carbocycles. The third-order valence-corrected chi connectivity index (χ3v) is 6.04. The molecule has 33 heavy (non-hydrogen) atoms. The van der Waals surface area contributed by atoms with Gasteiger partial charge in [-0.2, -0.15) is 0 Å². The number of para-hydroxylation sites is 1. The molecule has 1 fully saturated rings. The zero-order valence-corrected chi connectivity index (χ0v) is 19.1. The number of furan rings is 1. The maximum absolute atomic E-state index is 13.7. The number of ether oxygens (including phenoxy) is 1. The van der Waals surface area contributed by atoms with Crippen molar-refractivity contribution in [1.82, 2.24) is 5.32 Å². The summed E-state index contributed by atoms with van der Waals surface area (Å²) in [5.74, 6) is 0.336. The number of hydrogen-bond acceptors (Lipinski definition) is 4. The molecule has 1 atom stereocenters. The van der Waals surface area contributed by atoms with Crippen LogP contribution in [0.4, 0.5) is 5.69 Å². The molecule has 0 radical (unpaired) electrons. The second-order valence-electron chi connectivity index (χ2n) is 8.33. The second-order valence-corrected chi connectivity index (χ2v) is 8.33. The minimum atomic E-state index is -0.861. The van der Waals surface area contributed by atoms with Gasteiger partial charge in [0.2, 0.25) is 5.91 Å². The van der Waals surface area contributed by atoms with Crippen molar-refractivity contribution in [3.05, 3.63) is 83.8 Å². The quantitative estimate of drug-likeness (QED) is 0.501. The summed E-state index contributed by atoms with van der Waals surface area (Å²) in [7, 11) is 0. The lowest BCUT2D eigenvalue weighted by Gasteiger charge is -2.32. The second kappa shape index (κ2) is 10.4. The first-order chi connectivity index (χ1) is 16.1. The van der Waals surface area contributed by atoms with Crippen LogP contribution in [0.3, 0.4) is 0 Å². The number of nitrogens with zero attached hydrogens (tertiary/aromatic N) is 1. The third kappa shape index (κ3) is 5.11. The number of nitrogens with one attached hydrogen (secondary N) is 1. The number of carbonyl (C=O) groups is 2. The molecule has 0 spiro atoms. The summed E-state index contributed by atoms with van der Waals surface area (Å²) >= 11 is 0. The van der Waals surface area contributed by atoms with Crippen LogP contribution in [0.25, 0.3) is 0 Å². The smallest absolute Gasteiger partial charge is 0.294 e. The van der Waals surface area contributed by atoms with E-state index in [9.17, 15) is 9.59 Å². The zero-order chi connectivity index (χ0) is 23.2. The van der Waals surface area contributed by atoms with Crippen LogP contribution in [0.5, 0.6) is 5.75 Å². The molecule has 1 saturated carbocycles. The molecule has 1 aliphatic rings. The number of hydrogen-bond donors (Lipinski definition) is 1. The van der Waals surface area contributed by atoms with Crippen molar-refractivity contribution in [3.8, 4) is 5.75 Å². The van der Waals surface area contributed by atoms with Gasteiger partial charge in [0.1, 0.15) is 11.8 Å². The Balaban J connectivity index is 1.80. The highest BCUT2D eigenvalue weighted by Crippen LogP contribution is 2.33. The van der Waals surface area contributed by atoms with Crippen molar-refractivity contribution in [1.29, 1.82) is 0 Å². The molecule has 0 unspecified atom stereocenters. The van der Waals surface area contributed by atoms with E-state index in [1.807, 2.05) is 62.4 Å². The monoisotopic (exact) mass is 446 g/mol. The van der Waals surface area contributed by atoms with Crippen molar-refractivity contribution in [2.24, 2.45) is 0 Å². The summed E-state index contributed by atoms with van der Waals surface area (Å²) in [6.45, 7) is 4.41. The molecule has 3 aromatic rings. The topological polar surface area (TPSA) is 71.8 Å². The molecular formula is C27H30N2O4. The average molecular weight is 447 g/mol. The van der Waals surface area contributed by atoms with Gasteiger partial charge in [-0.15, -0.1) is 0 Å². The predicted molar refractivity (Wildman–Crippen MR) is 127 cm³/mol. The highest BCUT2D eigenvalue weighted by atomic mass is 16.5. The number of carbonyl (C=O) groups excluding carboxylic acids is 2. The molecule has 1 aromatic heterocycles. The lowest BCUT2D eigenvalue weighted by Crippen LogP contribution is -2.46. The summed E-state index contributed by atoms with van der Waals surface area (Å²) in [4.78, 5) is 29.0. The van der Waals surface area contributed by atoms with E-state index >= 15 is 0 Å². The Bertz CT molecular complexity index is 1070. The van der Waals surface area contributed by atoms with E-state index in [0.717, 1.165) is 37.0 Å². The van der Waals surface area contributed by atoms with Gasteiger partial charge in [0.15, 0.2) is 5.76 Å². The molecule has 1 aliphatic carbocycles. The molecule has 0 bridgehead atoms. The van der Waals surface area contributed by atoms with E-state index in [2.05, 4.69) is 5.32 Å². The number of aryl methyl sites for hydroxylation is 1. The normalized spacial score (nSPS) is 14.6. The van der Waals surface area contributed by atoms with Crippen LogP contribution in [0, 0.1) is 6.92 Å². The molecule has 6 heteroatoms. The number of rotatable bonds is 8. The molecule has 172 valence electrons. The van der Waals surface area contributed by atoms with Crippen molar-refractivity contribution >= 4 is 17.5 Å². The van der Waals surface area contributed by atoms with Gasteiger partial charge < -0.3 is 14.5 Å². The standard InChI is InChI=1S/C27H30N2O4/c1-3-32-22-16-14-20(15-17-22)25(26(30)28-21-10-5-6-11-21)29(23-12-7-4-9-19(23)2)27(31)24-13-8-18-33-24/h4,7-9,12-18,21,25H,3,5-6,10-11H2,1-2H3,(H,28,30)/t25-/m0/s1. The highest BCUT2D eigenvalue weighted by molar-refractivity contribution is 6.09. The molecule has 0 saturated heterocycles. The zero-order valence-electron chi connectivity index (χ0n) is 19.1. The molecule has 2 amide bonds. The van der Waals surface area contributed by atoms with Gasteiger partial charge in [-0.25, -0.2) is 0 Å². The Hall–Kier alpha value is -3.54. The van der Waals surface area contributed by atoms with Gasteiger partial charge in [0.05, 0.1) is 12.9 Å². The van der Waals surface area contributed by atoms with Crippen LogP contribution >= 0.6 is 0 Å². The number of anilines is 1. The molecule has 1 heterocycles. The fourth-order valence-electron chi connectivity index (χ4n) is 4.40. The van der Waals surface area contributed by atoms with Gasteiger partial charge in [-0.1, -0.05) is 43.2 Å². The predicted octanol–water partition coefficient (Wildman–Crippen LogP) is 5.43. The van der Waals surface area contributed by atoms with E-state index in [0.29, 0.717) is 17.9 Å². The summed E-state index contributed by atoms with van der Waals surface area (Å²) in [5, 5.41) is 3.19. The first kappa shape index (κ1) is 22.6. The van der Waals surface area contributed by atoms with Gasteiger partial charge in [0, 0.05) is 11.7 Å². The lowest BCUT2D eigenvalue weighted by atomic mass is 10.0. The number of amides is 2. The van der Waals surface area contributed by atoms with Crippen LogP contribution in [0.1, 0.15) is 60.3 Å². The van der Waals surface area contributed by atoms with Crippen molar-refractivity contribution in [2.75, 3.05) is 11.5 Å². The Labute approximate surface area is 194 Å². The van der Waals surface area contributed by atoms with Crippen molar-refractivity contribution in [2.45, 2.75) is 51.6 Å². The van der Waals surface area contributed by atoms with Crippen LogP contribution in [0.2, 0.25) is 0 Å². The maximum atomic E-state index is 13.7. The summed E-state index contributed by atoms with van der Waals surface area (Å²) in [5.41, 5.74) is 2.26. The van der Waals surface area contributed by atoms with E-state index in [1.54, 1.807) is 17.0 Å². The summed E-state index contributed by atoms with van der Waals surface area (Å²) in [6, 6.07) is 17.5. The van der Waals surface area contributed by atoms with Crippen LogP contribution < -0.4 is 15.0 Å². The highest BCUT2D eigenvalue weighted by Gasteiger charge is 2.36. The van der Waals surface area contributed by atoms with Crippen molar-refractivity contribution in [3.63, 3.8) is 0 Å². The SMILES string of the molecule is CCOc1ccc([C@@H](C(=O)NC2CCCC2)N(C(=O)c2ccco2)c2ccccc2C)cc1. The largest absolute Gasteiger partial charge is 0.494 e. The molecule has 4 rings (SSSR count). The van der Waals surface area contributed by atoms with Crippen LogP contribution in [-0.4, -0.2) is 24.5 Å². The Morgan fingerprint density at radius 3 is 2.42 bits per heavy atom. The van der Waals surface area contributed by atoms with E-state index in [4.69, 9.17) is 9.15 Å². The lowest BCUT2D eigenvalue weighted by molar-refractivity contribution is -0.123. The van der Waals surface area contributed by atoms with E-state index in [1.165, 1.54) is 6.26 Å². The Morgan fingerprint density at radius 1 is 1.06 bits per heavy atom. The fourth-order valence-corrected chi connectivity index (χ4v) is 4.40. The minimum Gasteiger partial charge on any atom is -0.494 e. The Kier molecular flexibility index (Phi) is 7.13. The molecule has 1 N–H and O–H groups in total. The third-order valence-electron chi connectivity index (χ3n) is 6.04. The molecule has 0 aliphatic heterocycles. The maximum Gasteiger partial charge on any atom is 0.294 e. The van der Waals surface area contributed by atoms with Gasteiger partial charge >= 0.3 is 0 Å². The first-order valence-corrected chi connectivity index (χ1v) is 11.5. The van der Waals surface area contributed by atoms with Gasteiger partial charge in [0.25, 0.3) is 5.91 Å². The number of benzene rings is 2. The van der Waals surface area contributed by atoms with E-state index < -0.39 is 6.04 Å². The van der Waals surface area contributed by atoms with Crippen molar-refractivity contribution < 1.29 is 18.7 Å². The van der Waals surface area contributed by atoms with Crippen LogP contribution in [-0.2, 0) is 4.79 Å². The Morgan fingerprint density at radius 2 is 1.79 bits per heavy atom. The average Bonchev–Trinajstić information content (AvgIpc) is 3.53. The van der Waals surface area contributed by atoms with Gasteiger partial charge in [-0.05, 0) is 68.1 Å². The van der Waals surface area contributed by atoms with Gasteiger partial charge in [-0.3, -0.25) is 14.5 Å². The molecule has 6 nitrogen and oxygen atoms in total. The van der Waals surface area contributed by atoms with E-state index in [-0.39, 0.29) is 23.6 Å². The summed E-state index contributed by atoms with van der Waals surface area (Å²) < 4.78 is 11.0. The minimum absolute atomic E-state index is 0.125. The first-order valence-electron chi connectivity index (χ1n) is 11.5. The molecular weight excluding hydrogens is 416 g/mol. The fraction of sp³-hybridized carbons (Fsp3) is 0.333. The van der Waals surface area contributed by atoms with Crippen LogP contribution in [0.15, 0.2) is 71.3 Å². The summed E-state index contributed by atoms with van der Waals surface area (Å²) in [6.07, 6.45) is 5.58.